The van der Waals surface area contributed by atoms with Crippen LogP contribution in [0, 0.1) is 13.8 Å². The number of piperidine rings is 1. The molecule has 0 spiro atoms. The molecule has 0 atom stereocenters. The van der Waals surface area contributed by atoms with Gasteiger partial charge in [0.1, 0.15) is 22.3 Å². The van der Waals surface area contributed by atoms with E-state index in [2.05, 4.69) is 25.6 Å². The molecule has 8 nitrogen and oxygen atoms in total. The molecular formula is C21H23N7OS. The maximum Gasteiger partial charge on any atom is 0.266 e. The molecule has 0 aliphatic carbocycles. The minimum absolute atomic E-state index is 0.176. The molecule has 0 saturated carbocycles. The Balaban J connectivity index is 1.42. The van der Waals surface area contributed by atoms with Gasteiger partial charge in [0, 0.05) is 11.6 Å². The van der Waals surface area contributed by atoms with Crippen LogP contribution >= 0.6 is 11.3 Å². The molecule has 1 amide bonds. The van der Waals surface area contributed by atoms with Crippen LogP contribution in [-0.2, 0) is 0 Å². The number of H-pyrrole nitrogens is 1. The van der Waals surface area contributed by atoms with Crippen molar-refractivity contribution >= 4 is 50.0 Å². The highest BCUT2D eigenvalue weighted by Gasteiger charge is 2.21. The Kier molecular flexibility index (Phi) is 4.63. The minimum Gasteiger partial charge on any atom is -0.383 e. The highest BCUT2D eigenvalue weighted by atomic mass is 32.1. The first-order valence-corrected chi connectivity index (χ1v) is 10.9. The summed E-state index contributed by atoms with van der Waals surface area (Å²) < 4.78 is 0. The van der Waals surface area contributed by atoms with Gasteiger partial charge < -0.3 is 21.4 Å². The number of hydrogen-bond donors (Lipinski definition) is 4. The number of carbonyl (C=O) groups excluding carboxylic acids is 1. The number of nitrogens with two attached hydrogens (primary N) is 1. The number of benzene rings is 1. The van der Waals surface area contributed by atoms with Gasteiger partial charge in [-0.3, -0.25) is 4.79 Å². The van der Waals surface area contributed by atoms with Crippen LogP contribution in [0.2, 0.25) is 0 Å². The fraction of sp³-hybridized carbons (Fsp3) is 0.333. The summed E-state index contributed by atoms with van der Waals surface area (Å²) in [6.45, 7) is 5.71. The first kappa shape index (κ1) is 19.0. The fourth-order valence-corrected chi connectivity index (χ4v) is 5.21. The molecule has 4 heterocycles. The summed E-state index contributed by atoms with van der Waals surface area (Å²) in [5, 5.41) is 7.14. The van der Waals surface area contributed by atoms with Crippen molar-refractivity contribution in [3.8, 4) is 0 Å². The Hall–Kier alpha value is -3.04. The number of aromatic nitrogens is 4. The standard InChI is InChI=1S/C21H23N7OS/c1-10-16-18(22)24-11(2)25-21(16)30-17(10)20(29)26-13-3-4-14-15(9-13)28-19(27-14)12-5-7-23-8-6-12/h3-4,9,12,23H,5-8H2,1-2H3,(H,26,29)(H,27,28)(H2,22,24,25). The predicted molar refractivity (Wildman–Crippen MR) is 120 cm³/mol. The van der Waals surface area contributed by atoms with E-state index in [1.54, 1.807) is 6.92 Å². The monoisotopic (exact) mass is 421 g/mol. The summed E-state index contributed by atoms with van der Waals surface area (Å²) >= 11 is 1.34. The molecule has 1 aromatic carbocycles. The van der Waals surface area contributed by atoms with E-state index in [9.17, 15) is 4.79 Å². The maximum absolute atomic E-state index is 13.0. The normalized spacial score (nSPS) is 15.1. The zero-order valence-electron chi connectivity index (χ0n) is 16.9. The lowest BCUT2D eigenvalue weighted by Gasteiger charge is -2.20. The number of nitrogens with one attached hydrogen (secondary N) is 3. The van der Waals surface area contributed by atoms with E-state index in [-0.39, 0.29) is 5.91 Å². The van der Waals surface area contributed by atoms with Gasteiger partial charge in [0.05, 0.1) is 21.3 Å². The maximum atomic E-state index is 13.0. The number of carbonyl (C=O) groups is 1. The smallest absolute Gasteiger partial charge is 0.266 e. The number of imidazole rings is 1. The van der Waals surface area contributed by atoms with Crippen molar-refractivity contribution in [2.45, 2.75) is 32.6 Å². The lowest BCUT2D eigenvalue weighted by molar-refractivity contribution is 0.103. The zero-order chi connectivity index (χ0) is 20.8. The van der Waals surface area contributed by atoms with Gasteiger partial charge in [0.25, 0.3) is 5.91 Å². The average Bonchev–Trinajstić information content (AvgIpc) is 3.29. The van der Waals surface area contributed by atoms with Crippen LogP contribution in [0.4, 0.5) is 11.5 Å². The summed E-state index contributed by atoms with van der Waals surface area (Å²) in [5.74, 6) is 2.31. The zero-order valence-corrected chi connectivity index (χ0v) is 17.7. The Bertz CT molecular complexity index is 1270. The van der Waals surface area contributed by atoms with Gasteiger partial charge in [-0.1, -0.05) is 0 Å². The Morgan fingerprint density at radius 1 is 1.20 bits per heavy atom. The molecule has 1 saturated heterocycles. The number of amides is 1. The summed E-state index contributed by atoms with van der Waals surface area (Å²) in [4.78, 5) is 31.1. The van der Waals surface area contributed by atoms with Crippen molar-refractivity contribution in [1.82, 2.24) is 25.3 Å². The van der Waals surface area contributed by atoms with E-state index in [0.717, 1.165) is 64.3 Å². The summed E-state index contributed by atoms with van der Waals surface area (Å²) in [5.41, 5.74) is 9.43. The average molecular weight is 422 g/mol. The summed E-state index contributed by atoms with van der Waals surface area (Å²) in [6.07, 6.45) is 2.17. The van der Waals surface area contributed by atoms with Gasteiger partial charge in [-0.25, -0.2) is 15.0 Å². The Morgan fingerprint density at radius 3 is 2.80 bits per heavy atom. The molecule has 3 aromatic heterocycles. The fourth-order valence-electron chi connectivity index (χ4n) is 4.08. The van der Waals surface area contributed by atoms with E-state index < -0.39 is 0 Å². The summed E-state index contributed by atoms with van der Waals surface area (Å²) in [7, 11) is 0. The lowest BCUT2D eigenvalue weighted by atomic mass is 9.98. The third-order valence-electron chi connectivity index (χ3n) is 5.62. The summed E-state index contributed by atoms with van der Waals surface area (Å²) in [6, 6.07) is 5.76. The molecule has 1 aliphatic rings. The molecule has 30 heavy (non-hydrogen) atoms. The van der Waals surface area contributed by atoms with Crippen molar-refractivity contribution in [1.29, 1.82) is 0 Å². The van der Waals surface area contributed by atoms with Gasteiger partial charge >= 0.3 is 0 Å². The molecule has 0 radical (unpaired) electrons. The molecule has 5 rings (SSSR count). The largest absolute Gasteiger partial charge is 0.383 e. The molecule has 154 valence electrons. The third-order valence-corrected chi connectivity index (χ3v) is 6.80. The van der Waals surface area contributed by atoms with E-state index in [4.69, 9.17) is 10.7 Å². The van der Waals surface area contributed by atoms with Crippen LogP contribution < -0.4 is 16.4 Å². The molecule has 5 N–H and O–H groups in total. The number of thiophene rings is 1. The number of fused-ring (bicyclic) bond motifs is 2. The lowest BCUT2D eigenvalue weighted by Crippen LogP contribution is -2.27. The highest BCUT2D eigenvalue weighted by molar-refractivity contribution is 7.20. The first-order valence-electron chi connectivity index (χ1n) is 10.0. The number of nitrogen functional groups attached to an aromatic ring is 1. The van der Waals surface area contributed by atoms with Crippen LogP contribution in [-0.4, -0.2) is 38.9 Å². The van der Waals surface area contributed by atoms with E-state index >= 15 is 0 Å². The van der Waals surface area contributed by atoms with Gasteiger partial charge in [-0.15, -0.1) is 11.3 Å². The number of rotatable bonds is 3. The van der Waals surface area contributed by atoms with Crippen LogP contribution in [0.1, 0.15) is 45.6 Å². The molecule has 0 bridgehead atoms. The van der Waals surface area contributed by atoms with E-state index in [1.165, 1.54) is 11.3 Å². The number of aromatic amines is 1. The third kappa shape index (κ3) is 3.29. The van der Waals surface area contributed by atoms with Gasteiger partial charge in [-0.2, -0.15) is 0 Å². The van der Waals surface area contributed by atoms with Gasteiger partial charge in [0.2, 0.25) is 0 Å². The second kappa shape index (κ2) is 7.33. The van der Waals surface area contributed by atoms with Crippen LogP contribution in [0.25, 0.3) is 21.3 Å². The van der Waals surface area contributed by atoms with Crippen LogP contribution in [0.5, 0.6) is 0 Å². The van der Waals surface area contributed by atoms with Crippen molar-refractivity contribution in [3.05, 3.63) is 40.3 Å². The number of hydrogen-bond acceptors (Lipinski definition) is 7. The minimum atomic E-state index is -0.176. The highest BCUT2D eigenvalue weighted by Crippen LogP contribution is 2.33. The van der Waals surface area contributed by atoms with Gasteiger partial charge in [0.15, 0.2) is 0 Å². The predicted octanol–water partition coefficient (Wildman–Crippen LogP) is 3.49. The topological polar surface area (TPSA) is 122 Å². The van der Waals surface area contributed by atoms with Crippen LogP contribution in [0.3, 0.4) is 0 Å². The van der Waals surface area contributed by atoms with Gasteiger partial charge in [-0.05, 0) is 63.5 Å². The second-order valence-corrected chi connectivity index (χ2v) is 8.72. The molecule has 4 aromatic rings. The van der Waals surface area contributed by atoms with Crippen LogP contribution in [0.15, 0.2) is 18.2 Å². The number of nitrogens with zero attached hydrogens (tertiary/aromatic N) is 3. The van der Waals surface area contributed by atoms with Crippen molar-refractivity contribution < 1.29 is 4.79 Å². The van der Waals surface area contributed by atoms with Crippen molar-refractivity contribution in [2.24, 2.45) is 0 Å². The first-order chi connectivity index (χ1) is 14.5. The quantitative estimate of drug-likeness (QED) is 0.402. The molecule has 1 fully saturated rings. The Labute approximate surface area is 177 Å². The number of anilines is 2. The molecule has 9 heteroatoms. The van der Waals surface area contributed by atoms with E-state index in [1.807, 2.05) is 25.1 Å². The Morgan fingerprint density at radius 2 is 2.00 bits per heavy atom. The number of aryl methyl sites for hydroxylation is 2. The molecule has 1 aliphatic heterocycles. The molecular weight excluding hydrogens is 398 g/mol. The van der Waals surface area contributed by atoms with Crippen molar-refractivity contribution in [3.63, 3.8) is 0 Å². The SMILES string of the molecule is Cc1nc(N)c2c(C)c(C(=O)Nc3ccc4nc(C5CCNCC5)[nH]c4c3)sc2n1. The second-order valence-electron chi connectivity index (χ2n) is 7.72. The van der Waals surface area contributed by atoms with E-state index in [0.29, 0.717) is 22.4 Å². The molecule has 0 unspecified atom stereocenters. The van der Waals surface area contributed by atoms with Crippen molar-refractivity contribution in [2.75, 3.05) is 24.1 Å².